The minimum Gasteiger partial charge on any atom is -0.450 e. The molecule has 0 spiro atoms. The molecule has 23 heavy (non-hydrogen) atoms. The molecule has 0 aliphatic carbocycles. The molecule has 2 aliphatic heterocycles. The molecule has 2 heterocycles. The van der Waals surface area contributed by atoms with E-state index in [0.29, 0.717) is 45.9 Å². The highest BCUT2D eigenvalue weighted by atomic mass is 16.6. The molecule has 126 valence electrons. The molecule has 0 aromatic carbocycles. The summed E-state index contributed by atoms with van der Waals surface area (Å²) >= 11 is 0. The van der Waals surface area contributed by atoms with Gasteiger partial charge in [0.15, 0.2) is 0 Å². The number of rotatable bonds is 3. The first kappa shape index (κ1) is 17.1. The summed E-state index contributed by atoms with van der Waals surface area (Å²) < 4.78 is 4.97. The molecular formula is C15H23N5O3. The van der Waals surface area contributed by atoms with Gasteiger partial charge in [0.05, 0.1) is 6.61 Å². The standard InChI is InChI=1S/C15H23N5O3/c1-2-23-15(22)20-9-7-18(8-10-20)12-13(11-16)14(21)19-5-3-17-4-6-19/h12,17H,2-10H2,1H3/b13-12-. The highest BCUT2D eigenvalue weighted by Crippen LogP contribution is 2.09. The van der Waals surface area contributed by atoms with Crippen molar-refractivity contribution in [3.05, 3.63) is 11.8 Å². The second kappa shape index (κ2) is 8.39. The van der Waals surface area contributed by atoms with Crippen LogP contribution >= 0.6 is 0 Å². The molecule has 0 saturated carbocycles. The summed E-state index contributed by atoms with van der Waals surface area (Å²) in [5.41, 5.74) is 0.150. The minimum absolute atomic E-state index is 0.150. The highest BCUT2D eigenvalue weighted by molar-refractivity contribution is 5.97. The number of nitrogens with one attached hydrogen (secondary N) is 1. The van der Waals surface area contributed by atoms with Gasteiger partial charge in [0.2, 0.25) is 0 Å². The van der Waals surface area contributed by atoms with E-state index in [1.807, 2.05) is 11.0 Å². The Morgan fingerprint density at radius 2 is 1.78 bits per heavy atom. The van der Waals surface area contributed by atoms with Gasteiger partial charge in [0.1, 0.15) is 11.6 Å². The molecule has 2 rings (SSSR count). The Labute approximate surface area is 136 Å². The topological polar surface area (TPSA) is 88.9 Å². The van der Waals surface area contributed by atoms with Crippen molar-refractivity contribution >= 4 is 12.0 Å². The first-order chi connectivity index (χ1) is 11.2. The maximum atomic E-state index is 12.4. The number of amides is 2. The second-order valence-electron chi connectivity index (χ2n) is 5.42. The van der Waals surface area contributed by atoms with E-state index in [9.17, 15) is 14.9 Å². The van der Waals surface area contributed by atoms with Gasteiger partial charge in [0.25, 0.3) is 5.91 Å². The fourth-order valence-electron chi connectivity index (χ4n) is 2.60. The molecule has 0 aromatic heterocycles. The Bertz CT molecular complexity index is 500. The third kappa shape index (κ3) is 4.60. The minimum atomic E-state index is -0.312. The first-order valence-corrected chi connectivity index (χ1v) is 7.93. The van der Waals surface area contributed by atoms with Crippen LogP contribution in [0.15, 0.2) is 11.8 Å². The molecule has 8 nitrogen and oxygen atoms in total. The van der Waals surface area contributed by atoms with Gasteiger partial charge < -0.3 is 24.8 Å². The Morgan fingerprint density at radius 1 is 1.13 bits per heavy atom. The summed E-state index contributed by atoms with van der Waals surface area (Å²) in [7, 11) is 0. The summed E-state index contributed by atoms with van der Waals surface area (Å²) in [6.45, 7) is 7.09. The van der Waals surface area contributed by atoms with E-state index in [0.717, 1.165) is 13.1 Å². The van der Waals surface area contributed by atoms with E-state index in [-0.39, 0.29) is 17.6 Å². The Hall–Kier alpha value is -2.27. The number of nitrogens with zero attached hydrogens (tertiary/aromatic N) is 4. The molecule has 0 aromatic rings. The maximum absolute atomic E-state index is 12.4. The van der Waals surface area contributed by atoms with Crippen LogP contribution in [-0.4, -0.2) is 85.7 Å². The van der Waals surface area contributed by atoms with Crippen LogP contribution in [0.1, 0.15) is 6.92 Å². The van der Waals surface area contributed by atoms with Gasteiger partial charge in [-0.15, -0.1) is 0 Å². The van der Waals surface area contributed by atoms with Crippen LogP contribution in [0, 0.1) is 11.3 Å². The lowest BCUT2D eigenvalue weighted by Gasteiger charge is -2.33. The van der Waals surface area contributed by atoms with Gasteiger partial charge in [-0.05, 0) is 6.92 Å². The number of hydrogen-bond donors (Lipinski definition) is 1. The van der Waals surface area contributed by atoms with Crippen LogP contribution in [0.3, 0.4) is 0 Å². The molecule has 2 saturated heterocycles. The van der Waals surface area contributed by atoms with Crippen LogP contribution in [0.4, 0.5) is 4.79 Å². The third-order valence-electron chi connectivity index (χ3n) is 3.91. The monoisotopic (exact) mass is 321 g/mol. The Morgan fingerprint density at radius 3 is 2.35 bits per heavy atom. The number of hydrogen-bond acceptors (Lipinski definition) is 6. The summed E-state index contributed by atoms with van der Waals surface area (Å²) in [5.74, 6) is -0.221. The lowest BCUT2D eigenvalue weighted by Crippen LogP contribution is -2.48. The van der Waals surface area contributed by atoms with Crippen molar-refractivity contribution in [1.29, 1.82) is 5.26 Å². The number of carbonyl (C=O) groups is 2. The molecule has 0 atom stereocenters. The average molecular weight is 321 g/mol. The van der Waals surface area contributed by atoms with Crippen molar-refractivity contribution in [2.24, 2.45) is 0 Å². The zero-order valence-electron chi connectivity index (χ0n) is 13.5. The number of ether oxygens (including phenoxy) is 1. The SMILES string of the molecule is CCOC(=O)N1CCN(/C=C(/C#N)C(=O)N2CCNCC2)CC1. The van der Waals surface area contributed by atoms with Crippen molar-refractivity contribution in [2.45, 2.75) is 6.92 Å². The molecule has 1 N–H and O–H groups in total. The fraction of sp³-hybridized carbons (Fsp3) is 0.667. The predicted octanol–water partition coefficient (Wildman–Crippen LogP) is -0.400. The molecule has 2 fully saturated rings. The van der Waals surface area contributed by atoms with E-state index in [4.69, 9.17) is 4.74 Å². The van der Waals surface area contributed by atoms with Gasteiger partial charge in [-0.1, -0.05) is 0 Å². The van der Waals surface area contributed by atoms with Crippen LogP contribution in [0.25, 0.3) is 0 Å². The average Bonchev–Trinajstić information content (AvgIpc) is 2.60. The van der Waals surface area contributed by atoms with Crippen LogP contribution in [-0.2, 0) is 9.53 Å². The largest absolute Gasteiger partial charge is 0.450 e. The van der Waals surface area contributed by atoms with E-state index >= 15 is 0 Å². The van der Waals surface area contributed by atoms with Crippen molar-refractivity contribution in [3.8, 4) is 6.07 Å². The van der Waals surface area contributed by atoms with E-state index in [2.05, 4.69) is 5.32 Å². The lowest BCUT2D eigenvalue weighted by molar-refractivity contribution is -0.127. The van der Waals surface area contributed by atoms with E-state index < -0.39 is 0 Å². The van der Waals surface area contributed by atoms with Gasteiger partial charge in [-0.2, -0.15) is 5.26 Å². The van der Waals surface area contributed by atoms with Gasteiger partial charge in [-0.25, -0.2) is 4.79 Å². The summed E-state index contributed by atoms with van der Waals surface area (Å²) in [6.07, 6.45) is 1.31. The molecule has 0 unspecified atom stereocenters. The second-order valence-corrected chi connectivity index (χ2v) is 5.42. The zero-order valence-corrected chi connectivity index (χ0v) is 13.5. The molecule has 2 amide bonds. The zero-order chi connectivity index (χ0) is 16.7. The van der Waals surface area contributed by atoms with Crippen LogP contribution < -0.4 is 5.32 Å². The molecule has 0 bridgehead atoms. The van der Waals surface area contributed by atoms with Gasteiger partial charge in [-0.3, -0.25) is 4.79 Å². The number of nitriles is 1. The van der Waals surface area contributed by atoms with Gasteiger partial charge in [0, 0.05) is 58.6 Å². The van der Waals surface area contributed by atoms with Crippen molar-refractivity contribution in [1.82, 2.24) is 20.0 Å². The quantitative estimate of drug-likeness (QED) is 0.562. The third-order valence-corrected chi connectivity index (χ3v) is 3.91. The summed E-state index contributed by atoms with van der Waals surface area (Å²) in [6, 6.07) is 2.00. The first-order valence-electron chi connectivity index (χ1n) is 7.93. The van der Waals surface area contributed by atoms with Crippen molar-refractivity contribution < 1.29 is 14.3 Å². The van der Waals surface area contributed by atoms with Gasteiger partial charge >= 0.3 is 6.09 Å². The Kier molecular flexibility index (Phi) is 6.23. The lowest BCUT2D eigenvalue weighted by atomic mass is 10.2. The Balaban J connectivity index is 1.91. The maximum Gasteiger partial charge on any atom is 0.409 e. The predicted molar refractivity (Wildman–Crippen MR) is 83.3 cm³/mol. The van der Waals surface area contributed by atoms with Crippen molar-refractivity contribution in [3.63, 3.8) is 0 Å². The molecular weight excluding hydrogens is 298 g/mol. The number of piperazine rings is 2. The van der Waals surface area contributed by atoms with E-state index in [1.54, 1.807) is 22.9 Å². The molecule has 0 radical (unpaired) electrons. The fourth-order valence-corrected chi connectivity index (χ4v) is 2.60. The molecule has 8 heteroatoms. The van der Waals surface area contributed by atoms with Crippen molar-refractivity contribution in [2.75, 3.05) is 59.0 Å². The molecule has 2 aliphatic rings. The van der Waals surface area contributed by atoms with Crippen LogP contribution in [0.5, 0.6) is 0 Å². The summed E-state index contributed by atoms with van der Waals surface area (Å²) in [4.78, 5) is 29.2. The van der Waals surface area contributed by atoms with E-state index in [1.165, 1.54) is 0 Å². The highest BCUT2D eigenvalue weighted by Gasteiger charge is 2.24. The van der Waals surface area contributed by atoms with Crippen LogP contribution in [0.2, 0.25) is 0 Å². The smallest absolute Gasteiger partial charge is 0.409 e. The summed E-state index contributed by atoms with van der Waals surface area (Å²) in [5, 5.41) is 12.5. The normalized spacial score (nSPS) is 19.3. The number of carbonyl (C=O) groups excluding carboxylic acids is 2.